The molecule has 5 heteroatoms. The van der Waals surface area contributed by atoms with Gasteiger partial charge < -0.3 is 10.2 Å². The molecule has 2 aliphatic rings. The van der Waals surface area contributed by atoms with Crippen LogP contribution in [0, 0.1) is 5.92 Å². The topological polar surface area (TPSA) is 49.4 Å². The molecule has 2 unspecified atom stereocenters. The summed E-state index contributed by atoms with van der Waals surface area (Å²) in [6, 6.07) is 0.718. The van der Waals surface area contributed by atoms with Crippen LogP contribution in [-0.4, -0.2) is 57.5 Å². The van der Waals surface area contributed by atoms with E-state index in [1.165, 1.54) is 32.1 Å². The predicted molar refractivity (Wildman–Crippen MR) is 69.9 cm³/mol. The highest BCUT2D eigenvalue weighted by molar-refractivity contribution is 7.90. The SMILES string of the molecule is CS(=O)(=O)CCCN1CCC2NCCCC2C1. The van der Waals surface area contributed by atoms with E-state index in [-0.39, 0.29) is 0 Å². The molecular formula is C12H24N2O2S. The molecule has 2 heterocycles. The van der Waals surface area contributed by atoms with Gasteiger partial charge in [-0.15, -0.1) is 0 Å². The summed E-state index contributed by atoms with van der Waals surface area (Å²) in [7, 11) is -2.79. The molecular weight excluding hydrogens is 236 g/mol. The quantitative estimate of drug-likeness (QED) is 0.799. The van der Waals surface area contributed by atoms with Crippen LogP contribution in [0.1, 0.15) is 25.7 Å². The number of nitrogens with one attached hydrogen (secondary N) is 1. The fourth-order valence-corrected chi connectivity index (χ4v) is 3.73. The number of likely N-dealkylation sites (tertiary alicyclic amines) is 1. The Bertz CT molecular complexity index is 342. The lowest BCUT2D eigenvalue weighted by Crippen LogP contribution is -2.52. The van der Waals surface area contributed by atoms with Gasteiger partial charge in [-0.05, 0) is 51.2 Å². The summed E-state index contributed by atoms with van der Waals surface area (Å²) < 4.78 is 22.1. The van der Waals surface area contributed by atoms with Gasteiger partial charge in [-0.1, -0.05) is 0 Å². The van der Waals surface area contributed by atoms with E-state index in [0.29, 0.717) is 5.75 Å². The molecule has 0 aromatic carbocycles. The van der Waals surface area contributed by atoms with Gasteiger partial charge in [0.05, 0.1) is 5.75 Å². The molecule has 1 N–H and O–H groups in total. The molecule has 0 aliphatic carbocycles. The third-order valence-electron chi connectivity index (χ3n) is 3.97. The fourth-order valence-electron chi connectivity index (χ4n) is 3.07. The molecule has 2 fully saturated rings. The third-order valence-corrected chi connectivity index (χ3v) is 5.00. The van der Waals surface area contributed by atoms with Gasteiger partial charge in [0.2, 0.25) is 0 Å². The number of nitrogens with zero attached hydrogens (tertiary/aromatic N) is 1. The lowest BCUT2D eigenvalue weighted by atomic mass is 9.85. The van der Waals surface area contributed by atoms with Crippen LogP contribution in [0.15, 0.2) is 0 Å². The number of sulfone groups is 1. The van der Waals surface area contributed by atoms with Gasteiger partial charge in [0.1, 0.15) is 9.84 Å². The maximum Gasteiger partial charge on any atom is 0.147 e. The number of piperidine rings is 2. The molecule has 0 aromatic rings. The van der Waals surface area contributed by atoms with Crippen molar-refractivity contribution in [2.24, 2.45) is 5.92 Å². The Balaban J connectivity index is 1.72. The minimum Gasteiger partial charge on any atom is -0.314 e. The highest BCUT2D eigenvalue weighted by Crippen LogP contribution is 2.24. The first-order valence-electron chi connectivity index (χ1n) is 6.68. The second-order valence-electron chi connectivity index (χ2n) is 5.54. The Hall–Kier alpha value is -0.130. The second-order valence-corrected chi connectivity index (χ2v) is 7.80. The van der Waals surface area contributed by atoms with Crippen LogP contribution in [0.3, 0.4) is 0 Å². The predicted octanol–water partition coefficient (Wildman–Crippen LogP) is 0.495. The van der Waals surface area contributed by atoms with Crippen molar-refractivity contribution in [2.75, 3.05) is 38.2 Å². The van der Waals surface area contributed by atoms with Crippen molar-refractivity contribution in [3.8, 4) is 0 Å². The van der Waals surface area contributed by atoms with E-state index in [2.05, 4.69) is 10.2 Å². The smallest absolute Gasteiger partial charge is 0.147 e. The number of hydrogen-bond acceptors (Lipinski definition) is 4. The standard InChI is InChI=1S/C12H24N2O2S/c1-17(15,16)9-3-7-14-8-5-12-11(10-14)4-2-6-13-12/h11-13H,2-10H2,1H3. The van der Waals surface area contributed by atoms with Crippen LogP contribution in [0.4, 0.5) is 0 Å². The fraction of sp³-hybridized carbons (Fsp3) is 1.00. The normalized spacial score (nSPS) is 31.1. The molecule has 0 radical (unpaired) electrons. The van der Waals surface area contributed by atoms with Crippen LogP contribution in [0.2, 0.25) is 0 Å². The average molecular weight is 260 g/mol. The van der Waals surface area contributed by atoms with E-state index in [1.54, 1.807) is 0 Å². The van der Waals surface area contributed by atoms with Crippen LogP contribution in [0.25, 0.3) is 0 Å². The maximum atomic E-state index is 11.1. The van der Waals surface area contributed by atoms with Gasteiger partial charge in [-0.2, -0.15) is 0 Å². The van der Waals surface area contributed by atoms with Crippen LogP contribution < -0.4 is 5.32 Å². The minimum absolute atomic E-state index is 0.329. The van der Waals surface area contributed by atoms with Crippen molar-refractivity contribution in [3.63, 3.8) is 0 Å². The largest absolute Gasteiger partial charge is 0.314 e. The summed E-state index contributed by atoms with van der Waals surface area (Å²) in [5.41, 5.74) is 0. The zero-order chi connectivity index (χ0) is 12.3. The first-order valence-corrected chi connectivity index (χ1v) is 8.74. The van der Waals surface area contributed by atoms with Crippen molar-refractivity contribution in [2.45, 2.75) is 31.7 Å². The molecule has 4 nitrogen and oxygen atoms in total. The molecule has 0 amide bonds. The van der Waals surface area contributed by atoms with Crippen molar-refractivity contribution in [1.29, 1.82) is 0 Å². The molecule has 17 heavy (non-hydrogen) atoms. The number of hydrogen-bond donors (Lipinski definition) is 1. The monoisotopic (exact) mass is 260 g/mol. The highest BCUT2D eigenvalue weighted by atomic mass is 32.2. The van der Waals surface area contributed by atoms with Gasteiger partial charge in [-0.25, -0.2) is 8.42 Å². The van der Waals surface area contributed by atoms with E-state index in [1.807, 2.05) is 0 Å². The first-order chi connectivity index (χ1) is 8.04. The summed E-state index contributed by atoms with van der Waals surface area (Å²) in [6.07, 6.45) is 5.95. The van der Waals surface area contributed by atoms with E-state index < -0.39 is 9.84 Å². The summed E-state index contributed by atoms with van der Waals surface area (Å²) in [4.78, 5) is 2.44. The van der Waals surface area contributed by atoms with Crippen molar-refractivity contribution in [1.82, 2.24) is 10.2 Å². The lowest BCUT2D eigenvalue weighted by Gasteiger charge is -2.41. The van der Waals surface area contributed by atoms with Crippen LogP contribution in [-0.2, 0) is 9.84 Å². The zero-order valence-corrected chi connectivity index (χ0v) is 11.5. The Morgan fingerprint density at radius 1 is 1.35 bits per heavy atom. The lowest BCUT2D eigenvalue weighted by molar-refractivity contribution is 0.114. The Morgan fingerprint density at radius 3 is 2.94 bits per heavy atom. The molecule has 0 aromatic heterocycles. The van der Waals surface area contributed by atoms with Crippen molar-refractivity contribution < 1.29 is 8.42 Å². The minimum atomic E-state index is -2.79. The molecule has 2 saturated heterocycles. The number of rotatable bonds is 4. The molecule has 100 valence electrons. The Labute approximate surface area is 105 Å². The van der Waals surface area contributed by atoms with Gasteiger partial charge in [0.25, 0.3) is 0 Å². The Morgan fingerprint density at radius 2 is 2.18 bits per heavy atom. The average Bonchev–Trinajstić information content (AvgIpc) is 2.27. The van der Waals surface area contributed by atoms with E-state index in [0.717, 1.165) is 38.0 Å². The first kappa shape index (κ1) is 13.3. The van der Waals surface area contributed by atoms with Gasteiger partial charge >= 0.3 is 0 Å². The van der Waals surface area contributed by atoms with Crippen LogP contribution >= 0.6 is 0 Å². The van der Waals surface area contributed by atoms with E-state index in [9.17, 15) is 8.42 Å². The maximum absolute atomic E-state index is 11.1. The highest BCUT2D eigenvalue weighted by Gasteiger charge is 2.30. The number of fused-ring (bicyclic) bond motifs is 1. The molecule has 2 rings (SSSR count). The van der Waals surface area contributed by atoms with Crippen LogP contribution in [0.5, 0.6) is 0 Å². The molecule has 0 bridgehead atoms. The molecule has 2 aliphatic heterocycles. The van der Waals surface area contributed by atoms with Crippen molar-refractivity contribution in [3.05, 3.63) is 0 Å². The van der Waals surface area contributed by atoms with Crippen molar-refractivity contribution >= 4 is 9.84 Å². The van der Waals surface area contributed by atoms with Gasteiger partial charge in [0.15, 0.2) is 0 Å². The van der Waals surface area contributed by atoms with Gasteiger partial charge in [-0.3, -0.25) is 0 Å². The van der Waals surface area contributed by atoms with E-state index >= 15 is 0 Å². The van der Waals surface area contributed by atoms with E-state index in [4.69, 9.17) is 0 Å². The van der Waals surface area contributed by atoms with Gasteiger partial charge in [0, 0.05) is 18.8 Å². The molecule has 2 atom stereocenters. The summed E-state index contributed by atoms with van der Waals surface area (Å²) >= 11 is 0. The summed E-state index contributed by atoms with van der Waals surface area (Å²) in [6.45, 7) is 4.39. The third kappa shape index (κ3) is 4.23. The summed E-state index contributed by atoms with van der Waals surface area (Å²) in [5.74, 6) is 1.12. The zero-order valence-electron chi connectivity index (χ0n) is 10.7. The Kier molecular flexibility index (Phi) is 4.44. The molecule has 0 spiro atoms. The molecule has 0 saturated carbocycles. The summed E-state index contributed by atoms with van der Waals surface area (Å²) in [5, 5.41) is 3.60. The second kappa shape index (κ2) is 5.67.